The van der Waals surface area contributed by atoms with E-state index in [0.29, 0.717) is 0 Å². The van der Waals surface area contributed by atoms with Crippen LogP contribution in [0.15, 0.2) is 152 Å². The summed E-state index contributed by atoms with van der Waals surface area (Å²) in [4.78, 5) is 8.17. The van der Waals surface area contributed by atoms with Crippen molar-refractivity contribution in [1.82, 2.24) is 9.97 Å². The van der Waals surface area contributed by atoms with Crippen molar-refractivity contribution in [3.05, 3.63) is 185 Å². The van der Waals surface area contributed by atoms with Gasteiger partial charge in [0.25, 0.3) is 0 Å². The molecule has 6 rings (SSSR count). The Kier molecular flexibility index (Phi) is 7.09. The molecule has 1 aromatic heterocycles. The maximum atomic E-state index is 4.76. The second-order valence-electron chi connectivity index (χ2n) is 9.34. The summed E-state index contributed by atoms with van der Waals surface area (Å²) in [5.74, 6) is 0.838. The van der Waals surface area contributed by atoms with E-state index in [2.05, 4.69) is 157 Å². The first-order valence-corrected chi connectivity index (χ1v) is 13.1. The molecule has 39 heavy (non-hydrogen) atoms. The predicted molar refractivity (Wildman–Crippen MR) is 164 cm³/mol. The number of hydrogen-bond acceptors (Lipinski definition) is 1. The molecule has 5 aromatic carbocycles. The lowest BCUT2D eigenvalue weighted by Gasteiger charge is -2.19. The van der Waals surface area contributed by atoms with E-state index in [1.54, 1.807) is 0 Å². The van der Waals surface area contributed by atoms with Gasteiger partial charge in [-0.15, -0.1) is 0 Å². The normalized spacial score (nSPS) is 11.9. The first kappa shape index (κ1) is 24.1. The minimum absolute atomic E-state index is 0.838. The van der Waals surface area contributed by atoms with Crippen LogP contribution in [0.3, 0.4) is 0 Å². The quantitative estimate of drug-likeness (QED) is 0.217. The molecule has 186 valence electrons. The first-order valence-electron chi connectivity index (χ1n) is 13.1. The molecule has 0 radical (unpaired) electrons. The van der Waals surface area contributed by atoms with E-state index in [9.17, 15) is 0 Å². The van der Waals surface area contributed by atoms with Crippen LogP contribution in [0.1, 0.15) is 33.4 Å². The topological polar surface area (TPSA) is 28.7 Å². The largest absolute Gasteiger partial charge is 0.345 e. The van der Waals surface area contributed by atoms with Gasteiger partial charge < -0.3 is 4.98 Å². The highest BCUT2D eigenvalue weighted by Crippen LogP contribution is 2.40. The fourth-order valence-corrected chi connectivity index (χ4v) is 4.96. The van der Waals surface area contributed by atoms with Gasteiger partial charge in [0.05, 0.1) is 0 Å². The van der Waals surface area contributed by atoms with Gasteiger partial charge in [-0.25, -0.2) is 4.98 Å². The molecule has 2 nitrogen and oxygen atoms in total. The van der Waals surface area contributed by atoms with Crippen LogP contribution in [-0.2, 0) is 0 Å². The Labute approximate surface area is 229 Å². The highest BCUT2D eigenvalue weighted by molar-refractivity contribution is 6.02. The highest BCUT2D eigenvalue weighted by atomic mass is 14.9. The van der Waals surface area contributed by atoms with Gasteiger partial charge in [-0.05, 0) is 56.7 Å². The Morgan fingerprint density at radius 3 is 1.33 bits per heavy atom. The van der Waals surface area contributed by atoms with Crippen molar-refractivity contribution < 1.29 is 0 Å². The van der Waals surface area contributed by atoms with Gasteiger partial charge in [0, 0.05) is 18.0 Å². The first-order chi connectivity index (χ1) is 19.4. The number of rotatable bonds is 7. The van der Waals surface area contributed by atoms with Crippen molar-refractivity contribution in [1.29, 1.82) is 0 Å². The number of H-pyrrole nitrogens is 1. The van der Waals surface area contributed by atoms with E-state index in [0.717, 1.165) is 55.9 Å². The van der Waals surface area contributed by atoms with Gasteiger partial charge >= 0.3 is 0 Å². The molecular weight excluding hydrogens is 472 g/mol. The van der Waals surface area contributed by atoms with E-state index in [-0.39, 0.29) is 0 Å². The van der Waals surface area contributed by atoms with Crippen LogP contribution >= 0.6 is 0 Å². The maximum absolute atomic E-state index is 4.76. The van der Waals surface area contributed by atoms with E-state index in [1.165, 1.54) is 0 Å². The SMILES string of the molecule is C(=C(/c1ccccc1)c1cccc(/C(=C/c2ccccc2)c2ccccc2)c1-c1ncc[nH]1)/c1ccccc1. The van der Waals surface area contributed by atoms with Crippen LogP contribution in [0, 0.1) is 0 Å². The Hall–Kier alpha value is -5.21. The molecule has 0 aliphatic heterocycles. The number of nitrogens with zero attached hydrogens (tertiary/aromatic N) is 1. The van der Waals surface area contributed by atoms with Gasteiger partial charge in [0.15, 0.2) is 0 Å². The Morgan fingerprint density at radius 2 is 0.923 bits per heavy atom. The summed E-state index contributed by atoms with van der Waals surface area (Å²) < 4.78 is 0. The van der Waals surface area contributed by atoms with Crippen LogP contribution in [0.25, 0.3) is 34.7 Å². The number of imidazole rings is 1. The van der Waals surface area contributed by atoms with Crippen LogP contribution < -0.4 is 0 Å². The molecule has 6 aromatic rings. The highest BCUT2D eigenvalue weighted by Gasteiger charge is 2.20. The molecule has 0 saturated carbocycles. The van der Waals surface area contributed by atoms with Crippen molar-refractivity contribution in [2.24, 2.45) is 0 Å². The molecule has 0 saturated heterocycles. The van der Waals surface area contributed by atoms with Crippen LogP contribution in [0.4, 0.5) is 0 Å². The van der Waals surface area contributed by atoms with Gasteiger partial charge in [-0.3, -0.25) is 0 Å². The molecule has 0 bridgehead atoms. The van der Waals surface area contributed by atoms with Gasteiger partial charge in [0.2, 0.25) is 0 Å². The summed E-state index contributed by atoms with van der Waals surface area (Å²) in [5, 5.41) is 0. The monoisotopic (exact) mass is 500 g/mol. The lowest BCUT2D eigenvalue weighted by molar-refractivity contribution is 1.29. The summed E-state index contributed by atoms with van der Waals surface area (Å²) in [6.07, 6.45) is 8.25. The summed E-state index contributed by atoms with van der Waals surface area (Å²) in [7, 11) is 0. The number of nitrogens with one attached hydrogen (secondary N) is 1. The van der Waals surface area contributed by atoms with Crippen molar-refractivity contribution in [2.45, 2.75) is 0 Å². The molecule has 0 atom stereocenters. The van der Waals surface area contributed by atoms with Crippen molar-refractivity contribution >= 4 is 23.3 Å². The molecule has 0 aliphatic rings. The molecule has 0 unspecified atom stereocenters. The maximum Gasteiger partial charge on any atom is 0.138 e. The predicted octanol–water partition coefficient (Wildman–Crippen LogP) is 9.25. The summed E-state index contributed by atoms with van der Waals surface area (Å²) in [6.45, 7) is 0. The average Bonchev–Trinajstić information content (AvgIpc) is 3.55. The number of aromatic nitrogens is 2. The Balaban J connectivity index is 1.65. The van der Waals surface area contributed by atoms with E-state index < -0.39 is 0 Å². The van der Waals surface area contributed by atoms with Crippen molar-refractivity contribution in [2.75, 3.05) is 0 Å². The molecule has 1 N–H and O–H groups in total. The molecule has 0 amide bonds. The second kappa shape index (κ2) is 11.5. The van der Waals surface area contributed by atoms with Crippen LogP contribution in [-0.4, -0.2) is 9.97 Å². The lowest BCUT2D eigenvalue weighted by atomic mass is 9.85. The third-order valence-corrected chi connectivity index (χ3v) is 6.77. The Bertz CT molecular complexity index is 1590. The molecule has 0 fully saturated rings. The Morgan fingerprint density at radius 1 is 0.487 bits per heavy atom. The van der Waals surface area contributed by atoms with E-state index in [1.807, 2.05) is 12.4 Å². The van der Waals surface area contributed by atoms with Crippen LogP contribution in [0.2, 0.25) is 0 Å². The van der Waals surface area contributed by atoms with Gasteiger partial charge in [-0.2, -0.15) is 0 Å². The molecule has 0 spiro atoms. The van der Waals surface area contributed by atoms with Crippen molar-refractivity contribution in [3.63, 3.8) is 0 Å². The smallest absolute Gasteiger partial charge is 0.138 e. The third kappa shape index (κ3) is 5.41. The standard InChI is InChI=1S/C37H28N2/c1-5-14-28(15-6-1)26-34(30-18-9-3-10-19-30)32-22-13-23-33(36(32)37-38-24-25-39-37)35(31-20-11-4-12-21-31)27-29-16-7-2-8-17-29/h1-27H,(H,38,39)/b34-26+,35-27+. The number of aromatic amines is 1. The van der Waals surface area contributed by atoms with E-state index in [4.69, 9.17) is 4.98 Å². The van der Waals surface area contributed by atoms with Crippen LogP contribution in [0.5, 0.6) is 0 Å². The second-order valence-corrected chi connectivity index (χ2v) is 9.34. The summed E-state index contributed by atoms with van der Waals surface area (Å²) >= 11 is 0. The van der Waals surface area contributed by atoms with Gasteiger partial charge in [-0.1, -0.05) is 140 Å². The van der Waals surface area contributed by atoms with Crippen molar-refractivity contribution in [3.8, 4) is 11.4 Å². The number of benzene rings is 5. The summed E-state index contributed by atoms with van der Waals surface area (Å²) in [5.41, 5.74) is 10.2. The fourth-order valence-electron chi connectivity index (χ4n) is 4.96. The molecule has 0 aliphatic carbocycles. The average molecular weight is 501 g/mol. The number of hydrogen-bond donors (Lipinski definition) is 1. The van der Waals surface area contributed by atoms with E-state index >= 15 is 0 Å². The minimum Gasteiger partial charge on any atom is -0.345 e. The fraction of sp³-hybridized carbons (Fsp3) is 0. The zero-order valence-corrected chi connectivity index (χ0v) is 21.5. The zero-order valence-electron chi connectivity index (χ0n) is 21.5. The molecule has 2 heteroatoms. The lowest BCUT2D eigenvalue weighted by Crippen LogP contribution is -2.00. The summed E-state index contributed by atoms with van der Waals surface area (Å²) in [6, 6.07) is 48.7. The third-order valence-electron chi connectivity index (χ3n) is 6.77. The van der Waals surface area contributed by atoms with Gasteiger partial charge in [0.1, 0.15) is 5.82 Å². The minimum atomic E-state index is 0.838. The molecular formula is C37H28N2. The molecule has 1 heterocycles. The zero-order chi connectivity index (χ0) is 26.3.